The summed E-state index contributed by atoms with van der Waals surface area (Å²) >= 11 is 5.96. The molecule has 0 saturated carbocycles. The third-order valence-corrected chi connectivity index (χ3v) is 5.54. The Morgan fingerprint density at radius 1 is 1.06 bits per heavy atom. The Morgan fingerprint density at radius 2 is 1.81 bits per heavy atom. The maximum atomic E-state index is 13.5. The molecule has 36 heavy (non-hydrogen) atoms. The molecule has 182 valence electrons. The molecule has 8 nitrogen and oxygen atoms in total. The first-order chi connectivity index (χ1) is 17.1. The second kappa shape index (κ2) is 8.72. The van der Waals surface area contributed by atoms with Crippen molar-refractivity contribution in [2.75, 3.05) is 5.73 Å². The molecule has 0 amide bonds. The summed E-state index contributed by atoms with van der Waals surface area (Å²) in [5, 5.41) is 2.49. The van der Waals surface area contributed by atoms with Crippen LogP contribution in [0.2, 0.25) is 5.15 Å². The highest BCUT2D eigenvalue weighted by atomic mass is 35.5. The van der Waals surface area contributed by atoms with Gasteiger partial charge in [0, 0.05) is 5.56 Å². The number of H-pyrrole nitrogens is 1. The van der Waals surface area contributed by atoms with E-state index in [1.54, 1.807) is 30.3 Å². The summed E-state index contributed by atoms with van der Waals surface area (Å²) in [6, 6.07) is 13.3. The highest BCUT2D eigenvalue weighted by Crippen LogP contribution is 2.37. The van der Waals surface area contributed by atoms with Crippen molar-refractivity contribution in [1.82, 2.24) is 24.7 Å². The number of alkyl halides is 3. The zero-order valence-corrected chi connectivity index (χ0v) is 18.8. The van der Waals surface area contributed by atoms with Gasteiger partial charge in [-0.2, -0.15) is 17.9 Å². The summed E-state index contributed by atoms with van der Waals surface area (Å²) in [7, 11) is 0. The first-order valence-corrected chi connectivity index (χ1v) is 10.7. The van der Waals surface area contributed by atoms with Crippen molar-refractivity contribution < 1.29 is 22.0 Å². The highest BCUT2D eigenvalue weighted by Gasteiger charge is 2.34. The first-order valence-electron chi connectivity index (χ1n) is 10.4. The second-order valence-corrected chi connectivity index (χ2v) is 8.14. The van der Waals surface area contributed by atoms with Gasteiger partial charge in [-0.3, -0.25) is 4.98 Å². The van der Waals surface area contributed by atoms with Gasteiger partial charge in [-0.05, 0) is 29.8 Å². The maximum absolute atomic E-state index is 13.5. The van der Waals surface area contributed by atoms with Crippen LogP contribution in [0, 0.1) is 5.82 Å². The third kappa shape index (κ3) is 4.26. The average molecular weight is 517 g/mol. The molecular weight excluding hydrogens is 502 g/mol. The molecule has 3 N–H and O–H groups in total. The van der Waals surface area contributed by atoms with E-state index >= 15 is 0 Å². The van der Waals surface area contributed by atoms with Crippen LogP contribution >= 0.6 is 11.6 Å². The van der Waals surface area contributed by atoms with E-state index in [4.69, 9.17) is 17.3 Å². The lowest BCUT2D eigenvalue weighted by Gasteiger charge is -2.11. The first kappa shape index (κ1) is 23.4. The minimum Gasteiger partial charge on any atom is -0.319 e. The van der Waals surface area contributed by atoms with Crippen molar-refractivity contribution in [2.24, 2.45) is 0 Å². The zero-order valence-electron chi connectivity index (χ0n) is 18.1. The number of nitrogens with one attached hydrogen (secondary N) is 1. The largest absolute Gasteiger partial charge is 0.433 e. The molecule has 0 saturated heterocycles. The topological polar surface area (TPSA) is 107 Å². The molecule has 0 spiro atoms. The lowest BCUT2D eigenvalue weighted by molar-refractivity contribution is -0.516. The van der Waals surface area contributed by atoms with Crippen LogP contribution in [0.15, 0.2) is 65.6 Å². The number of aromatic amines is 1. The van der Waals surface area contributed by atoms with E-state index in [1.807, 2.05) is 0 Å². The van der Waals surface area contributed by atoms with Crippen LogP contribution in [0.3, 0.4) is 0 Å². The van der Waals surface area contributed by atoms with Crippen molar-refractivity contribution in [3.05, 3.63) is 93.6 Å². The number of pyridine rings is 2. The van der Waals surface area contributed by atoms with Gasteiger partial charge >= 0.3 is 17.8 Å². The van der Waals surface area contributed by atoms with Gasteiger partial charge in [-0.15, -0.1) is 9.38 Å². The number of benzene rings is 1. The fraction of sp³-hybridized carbons (Fsp3) is 0.0870. The van der Waals surface area contributed by atoms with E-state index in [0.717, 1.165) is 21.3 Å². The maximum Gasteiger partial charge on any atom is 0.433 e. The van der Waals surface area contributed by atoms with E-state index in [-0.39, 0.29) is 35.0 Å². The van der Waals surface area contributed by atoms with Crippen LogP contribution in [0.5, 0.6) is 0 Å². The van der Waals surface area contributed by atoms with Gasteiger partial charge < -0.3 is 5.73 Å². The molecule has 5 aromatic rings. The number of halogens is 5. The van der Waals surface area contributed by atoms with Crippen molar-refractivity contribution >= 4 is 23.2 Å². The summed E-state index contributed by atoms with van der Waals surface area (Å²) in [5.74, 6) is -0.744. The fourth-order valence-corrected chi connectivity index (χ4v) is 4.00. The van der Waals surface area contributed by atoms with Gasteiger partial charge in [0.05, 0.1) is 17.5 Å². The summed E-state index contributed by atoms with van der Waals surface area (Å²) in [4.78, 5) is 24.9. The van der Waals surface area contributed by atoms with Gasteiger partial charge in [0.1, 0.15) is 28.9 Å². The Kier molecular flexibility index (Phi) is 5.67. The molecule has 4 aromatic heterocycles. The molecule has 0 radical (unpaired) electrons. The monoisotopic (exact) mass is 516 g/mol. The predicted molar refractivity (Wildman–Crippen MR) is 122 cm³/mol. The van der Waals surface area contributed by atoms with Crippen LogP contribution in [0.1, 0.15) is 11.4 Å². The number of anilines is 1. The molecule has 0 aliphatic rings. The number of hydrogen-bond acceptors (Lipinski definition) is 5. The molecule has 0 aliphatic carbocycles. The third-order valence-electron chi connectivity index (χ3n) is 5.34. The normalized spacial score (nSPS) is 11.8. The van der Waals surface area contributed by atoms with Crippen molar-refractivity contribution in [1.29, 1.82) is 0 Å². The van der Waals surface area contributed by atoms with Gasteiger partial charge in [0.25, 0.3) is 0 Å². The summed E-state index contributed by atoms with van der Waals surface area (Å²) in [6.07, 6.45) is -3.77. The van der Waals surface area contributed by atoms with E-state index in [9.17, 15) is 22.4 Å². The highest BCUT2D eigenvalue weighted by molar-refractivity contribution is 6.29. The summed E-state index contributed by atoms with van der Waals surface area (Å²) in [6.45, 7) is -0.0920. The Labute approximate surface area is 204 Å². The van der Waals surface area contributed by atoms with E-state index in [1.165, 1.54) is 18.2 Å². The SMILES string of the molecule is Nc1nc(-c2ccccc2)c(-c2cc(Cl)nc(C(F)(F)F)c2)c2[nH]n(Cc3ccc(F)cn3)c(=O)[n+]12. The molecule has 0 atom stereocenters. The number of nitrogen functional groups attached to an aromatic ring is 1. The predicted octanol–water partition coefficient (Wildman–Crippen LogP) is 3.88. The molecule has 0 bridgehead atoms. The van der Waals surface area contributed by atoms with Crippen LogP contribution in [0.25, 0.3) is 28.0 Å². The van der Waals surface area contributed by atoms with E-state index < -0.39 is 28.5 Å². The van der Waals surface area contributed by atoms with Crippen LogP contribution < -0.4 is 15.8 Å². The Hall–Kier alpha value is -4.32. The summed E-state index contributed by atoms with van der Waals surface area (Å²) in [5.41, 5.74) is 5.61. The zero-order chi connectivity index (χ0) is 25.6. The van der Waals surface area contributed by atoms with Gasteiger partial charge in [0.2, 0.25) is 5.65 Å². The van der Waals surface area contributed by atoms with Gasteiger partial charge in [-0.25, -0.2) is 19.3 Å². The van der Waals surface area contributed by atoms with Crippen LogP contribution in [-0.2, 0) is 12.7 Å². The Morgan fingerprint density at radius 3 is 2.47 bits per heavy atom. The van der Waals surface area contributed by atoms with Crippen molar-refractivity contribution in [2.45, 2.75) is 12.7 Å². The number of rotatable bonds is 4. The number of hydrogen-bond donors (Lipinski definition) is 2. The quantitative estimate of drug-likeness (QED) is 0.214. The van der Waals surface area contributed by atoms with Crippen molar-refractivity contribution in [3.63, 3.8) is 0 Å². The molecule has 1 aromatic carbocycles. The molecule has 13 heteroatoms. The lowest BCUT2D eigenvalue weighted by Crippen LogP contribution is -2.44. The molecular formula is C23H15ClF4N7O+. The average Bonchev–Trinajstić information content (AvgIpc) is 3.16. The number of nitrogens with two attached hydrogens (primary N) is 1. The van der Waals surface area contributed by atoms with E-state index in [2.05, 4.69) is 20.1 Å². The van der Waals surface area contributed by atoms with Gasteiger partial charge in [0.15, 0.2) is 0 Å². The minimum atomic E-state index is -4.77. The molecule has 0 fully saturated rings. The van der Waals surface area contributed by atoms with Crippen molar-refractivity contribution in [3.8, 4) is 22.4 Å². The smallest absolute Gasteiger partial charge is 0.319 e. The molecule has 5 rings (SSSR count). The second-order valence-electron chi connectivity index (χ2n) is 7.75. The Bertz CT molecular complexity index is 1650. The fourth-order valence-electron chi connectivity index (χ4n) is 3.79. The Balaban J connectivity index is 1.82. The number of fused-ring (bicyclic) bond motifs is 1. The van der Waals surface area contributed by atoms with Crippen LogP contribution in [-0.4, -0.2) is 24.7 Å². The van der Waals surface area contributed by atoms with Gasteiger partial charge in [-0.1, -0.05) is 41.9 Å². The molecule has 4 heterocycles. The minimum absolute atomic E-state index is 0.0134. The standard InChI is InChI=1S/C23H14ClF4N7O/c24-17-9-13(8-16(31-17)23(26,27)28)18-19(12-4-2-1-3-5-12)32-21(29)35-20(18)33-34(22(35)36)11-15-7-6-14(25)10-30-15/h1-10H,11H2,(H2,29,31,32,33)/p+1. The molecule has 0 aliphatic heterocycles. The number of nitrogens with zero attached hydrogens (tertiary/aromatic N) is 5. The summed E-state index contributed by atoms with van der Waals surface area (Å²) < 4.78 is 56.1. The number of aromatic nitrogens is 6. The van der Waals surface area contributed by atoms with Crippen LogP contribution in [0.4, 0.5) is 23.5 Å². The molecule has 0 unspecified atom stereocenters. The lowest BCUT2D eigenvalue weighted by atomic mass is 10.00. The van der Waals surface area contributed by atoms with E-state index in [0.29, 0.717) is 11.3 Å².